The topological polar surface area (TPSA) is 49.3 Å². The summed E-state index contributed by atoms with van der Waals surface area (Å²) in [5.41, 5.74) is 1.18. The number of amides is 1. The molecule has 0 radical (unpaired) electrons. The van der Waals surface area contributed by atoms with Gasteiger partial charge in [-0.15, -0.1) is 11.8 Å². The first-order valence-corrected chi connectivity index (χ1v) is 8.93. The fraction of sp³-hybridized carbons (Fsp3) is 0.562. The molecule has 0 bridgehead atoms. The summed E-state index contributed by atoms with van der Waals surface area (Å²) in [6, 6.07) is 8.01. The Bertz CT molecular complexity index is 444. The first-order chi connectivity index (χ1) is 10.2. The van der Waals surface area contributed by atoms with Crippen molar-refractivity contribution < 1.29 is 9.90 Å². The van der Waals surface area contributed by atoms with Gasteiger partial charge in [0.25, 0.3) is 0 Å². The fourth-order valence-corrected chi connectivity index (χ4v) is 3.53. The van der Waals surface area contributed by atoms with Crippen molar-refractivity contribution >= 4 is 29.3 Å². The maximum atomic E-state index is 11.9. The monoisotopic (exact) mass is 327 g/mol. The van der Waals surface area contributed by atoms with Crippen LogP contribution in [0.5, 0.6) is 0 Å². The molecule has 1 saturated carbocycles. The van der Waals surface area contributed by atoms with E-state index in [-0.39, 0.29) is 18.6 Å². The largest absolute Gasteiger partial charge is 0.396 e. The number of hydrogen-bond donors (Lipinski definition) is 2. The Labute approximate surface area is 135 Å². The van der Waals surface area contributed by atoms with E-state index in [1.165, 1.54) is 5.56 Å². The number of nitrogens with one attached hydrogen (secondary N) is 1. The van der Waals surface area contributed by atoms with E-state index in [1.54, 1.807) is 11.8 Å². The second-order valence-corrected chi connectivity index (χ2v) is 7.01. The Kier molecular flexibility index (Phi) is 6.87. The van der Waals surface area contributed by atoms with Gasteiger partial charge in [-0.05, 0) is 49.3 Å². The summed E-state index contributed by atoms with van der Waals surface area (Å²) in [4.78, 5) is 11.9. The summed E-state index contributed by atoms with van der Waals surface area (Å²) in [6.07, 6.45) is 4.00. The number of carbonyl (C=O) groups is 1. The van der Waals surface area contributed by atoms with Crippen molar-refractivity contribution in [2.75, 3.05) is 12.4 Å². The minimum absolute atomic E-state index is 0.112. The molecule has 0 aliphatic heterocycles. The molecule has 1 aromatic rings. The zero-order valence-electron chi connectivity index (χ0n) is 12.1. The maximum absolute atomic E-state index is 11.9. The lowest BCUT2D eigenvalue weighted by molar-refractivity contribution is -0.119. The molecule has 2 N–H and O–H groups in total. The maximum Gasteiger partial charge on any atom is 0.230 e. The van der Waals surface area contributed by atoms with Crippen LogP contribution < -0.4 is 5.32 Å². The Morgan fingerprint density at radius 1 is 1.24 bits per heavy atom. The molecule has 3 nitrogen and oxygen atoms in total. The van der Waals surface area contributed by atoms with Gasteiger partial charge in [-0.1, -0.05) is 23.7 Å². The van der Waals surface area contributed by atoms with Crippen LogP contribution in [-0.2, 0) is 10.5 Å². The van der Waals surface area contributed by atoms with Crippen molar-refractivity contribution in [3.63, 3.8) is 0 Å². The van der Waals surface area contributed by atoms with Crippen molar-refractivity contribution in [3.05, 3.63) is 34.9 Å². The van der Waals surface area contributed by atoms with E-state index in [2.05, 4.69) is 5.32 Å². The minimum atomic E-state index is 0.112. The fourth-order valence-electron chi connectivity index (χ4n) is 2.60. The molecule has 1 aliphatic carbocycles. The van der Waals surface area contributed by atoms with Crippen LogP contribution in [0, 0.1) is 5.92 Å². The van der Waals surface area contributed by atoms with Gasteiger partial charge in [0.2, 0.25) is 5.91 Å². The molecule has 0 heterocycles. The Hall–Kier alpha value is -0.710. The molecule has 0 unspecified atom stereocenters. The van der Waals surface area contributed by atoms with Crippen LogP contribution in [0.2, 0.25) is 5.02 Å². The minimum Gasteiger partial charge on any atom is -0.396 e. The van der Waals surface area contributed by atoms with Crippen LogP contribution in [0.3, 0.4) is 0 Å². The van der Waals surface area contributed by atoms with Crippen LogP contribution in [0.25, 0.3) is 0 Å². The van der Waals surface area contributed by atoms with Crippen molar-refractivity contribution in [3.8, 4) is 0 Å². The average Bonchev–Trinajstić information content (AvgIpc) is 2.50. The third-order valence-corrected chi connectivity index (χ3v) is 5.14. The lowest BCUT2D eigenvalue weighted by atomic mass is 9.86. The normalized spacial score (nSPS) is 22.0. The Morgan fingerprint density at radius 2 is 1.90 bits per heavy atom. The zero-order valence-corrected chi connectivity index (χ0v) is 13.6. The van der Waals surface area contributed by atoms with Gasteiger partial charge < -0.3 is 10.4 Å². The number of rotatable bonds is 6. The van der Waals surface area contributed by atoms with Gasteiger partial charge in [0.05, 0.1) is 5.75 Å². The van der Waals surface area contributed by atoms with Gasteiger partial charge in [0.1, 0.15) is 0 Å². The lowest BCUT2D eigenvalue weighted by Crippen LogP contribution is -2.39. The number of aliphatic hydroxyl groups excluding tert-OH is 1. The summed E-state index contributed by atoms with van der Waals surface area (Å²) in [7, 11) is 0. The molecule has 21 heavy (non-hydrogen) atoms. The predicted octanol–water partition coefficient (Wildman–Crippen LogP) is 3.24. The highest BCUT2D eigenvalue weighted by molar-refractivity contribution is 7.99. The molecule has 1 aromatic carbocycles. The van der Waals surface area contributed by atoms with Crippen LogP contribution in [0.15, 0.2) is 24.3 Å². The number of carbonyl (C=O) groups excluding carboxylic acids is 1. The van der Waals surface area contributed by atoms with Crippen LogP contribution >= 0.6 is 23.4 Å². The molecule has 5 heteroatoms. The smallest absolute Gasteiger partial charge is 0.230 e. The van der Waals surface area contributed by atoms with E-state index in [0.29, 0.717) is 11.7 Å². The van der Waals surface area contributed by atoms with E-state index < -0.39 is 0 Å². The Morgan fingerprint density at radius 3 is 2.52 bits per heavy atom. The molecule has 0 saturated heterocycles. The first kappa shape index (κ1) is 16.7. The van der Waals surface area contributed by atoms with E-state index in [1.807, 2.05) is 24.3 Å². The van der Waals surface area contributed by atoms with Crippen LogP contribution in [0.1, 0.15) is 31.2 Å². The third-order valence-electron chi connectivity index (χ3n) is 3.89. The first-order valence-electron chi connectivity index (χ1n) is 7.40. The van der Waals surface area contributed by atoms with E-state index >= 15 is 0 Å². The SMILES string of the molecule is O=C(CSCc1ccc(Cl)cc1)NC1CCC(CO)CC1. The number of benzene rings is 1. The van der Waals surface area contributed by atoms with Crippen LogP contribution in [0.4, 0.5) is 0 Å². The highest BCUT2D eigenvalue weighted by Crippen LogP contribution is 2.23. The number of hydrogen-bond acceptors (Lipinski definition) is 3. The highest BCUT2D eigenvalue weighted by atomic mass is 35.5. The molecule has 1 aliphatic rings. The van der Waals surface area contributed by atoms with Gasteiger partial charge in [-0.3, -0.25) is 4.79 Å². The molecule has 116 valence electrons. The number of thioether (sulfide) groups is 1. The van der Waals surface area contributed by atoms with Crippen molar-refractivity contribution in [1.29, 1.82) is 0 Å². The lowest BCUT2D eigenvalue weighted by Gasteiger charge is -2.27. The summed E-state index contributed by atoms with van der Waals surface area (Å²) in [6.45, 7) is 0.275. The van der Waals surface area contributed by atoms with E-state index in [9.17, 15) is 4.79 Å². The second kappa shape index (κ2) is 8.66. The van der Waals surface area contributed by atoms with Gasteiger partial charge in [0.15, 0.2) is 0 Å². The Balaban J connectivity index is 1.62. The standard InChI is InChI=1S/C16H22ClNO2S/c17-14-5-1-13(2-6-14)10-21-11-16(20)18-15-7-3-12(9-19)4-8-15/h1-2,5-6,12,15,19H,3-4,7-11H2,(H,18,20). The quantitative estimate of drug-likeness (QED) is 0.843. The average molecular weight is 328 g/mol. The summed E-state index contributed by atoms with van der Waals surface area (Å²) in [5, 5.41) is 12.9. The van der Waals surface area contributed by atoms with Gasteiger partial charge in [-0.25, -0.2) is 0 Å². The van der Waals surface area contributed by atoms with Crippen molar-refractivity contribution in [2.24, 2.45) is 5.92 Å². The van der Waals surface area contributed by atoms with E-state index in [4.69, 9.17) is 16.7 Å². The molecule has 0 atom stereocenters. The predicted molar refractivity (Wildman–Crippen MR) is 88.6 cm³/mol. The van der Waals surface area contributed by atoms with Crippen LogP contribution in [-0.4, -0.2) is 29.4 Å². The molecular weight excluding hydrogens is 306 g/mol. The number of aliphatic hydroxyl groups is 1. The summed E-state index contributed by atoms with van der Waals surface area (Å²) < 4.78 is 0. The van der Waals surface area contributed by atoms with Crippen molar-refractivity contribution in [2.45, 2.75) is 37.5 Å². The second-order valence-electron chi connectivity index (χ2n) is 5.59. The van der Waals surface area contributed by atoms with Gasteiger partial charge in [-0.2, -0.15) is 0 Å². The molecule has 1 fully saturated rings. The molecular formula is C16H22ClNO2S. The molecule has 0 aromatic heterocycles. The summed E-state index contributed by atoms with van der Waals surface area (Å²) in [5.74, 6) is 1.85. The zero-order chi connectivity index (χ0) is 15.1. The third kappa shape index (κ3) is 5.89. The van der Waals surface area contributed by atoms with Gasteiger partial charge in [0, 0.05) is 23.4 Å². The molecule has 2 rings (SSSR count). The molecule has 0 spiro atoms. The highest BCUT2D eigenvalue weighted by Gasteiger charge is 2.21. The van der Waals surface area contributed by atoms with Gasteiger partial charge >= 0.3 is 0 Å². The van der Waals surface area contributed by atoms with Crippen molar-refractivity contribution in [1.82, 2.24) is 5.32 Å². The number of halogens is 1. The summed E-state index contributed by atoms with van der Waals surface area (Å²) >= 11 is 7.46. The van der Waals surface area contributed by atoms with E-state index in [0.717, 1.165) is 36.5 Å². The molecule has 1 amide bonds.